The number of carbonyl (C=O) groups excluding carboxylic acids is 3. The second kappa shape index (κ2) is 9.77. The second-order valence-corrected chi connectivity index (χ2v) is 14.5. The molecule has 0 radical (unpaired) electrons. The fraction of sp³-hybridized carbons (Fsp3) is 0.472. The topological polar surface area (TPSA) is 112 Å². The van der Waals surface area contributed by atoms with Crippen LogP contribution in [0, 0.1) is 16.2 Å². The monoisotopic (exact) mass is 570 g/mol. The van der Waals surface area contributed by atoms with Crippen molar-refractivity contribution in [2.24, 2.45) is 16.2 Å². The molecule has 3 aliphatic carbocycles. The third-order valence-electron chi connectivity index (χ3n) is 9.79. The number of aromatic hydroxyl groups is 1. The van der Waals surface area contributed by atoms with E-state index in [-0.39, 0.29) is 40.7 Å². The lowest BCUT2D eigenvalue weighted by Gasteiger charge is -2.56. The predicted octanol–water partition coefficient (Wildman–Crippen LogP) is 7.00. The number of carbonyl (C=O) groups is 3. The molecule has 0 fully saturated rings. The number of rotatable bonds is 5. The highest BCUT2D eigenvalue weighted by Crippen LogP contribution is 2.63. The number of hydrogen-bond donors (Lipinski definition) is 3. The SMILES string of the molecule is CC(=O)C1=C(C)C[C@]2(C)C[C@]3(C)Cc4c(-c5ccccc5)cc(CCCC(C)(C)C)c(O)c4C(=O)C3=C(O)[C@]2(O)C1=O. The normalized spacial score (nSPS) is 27.5. The highest BCUT2D eigenvalue weighted by Gasteiger charge is 2.67. The fourth-order valence-electron chi connectivity index (χ4n) is 8.03. The van der Waals surface area contributed by atoms with Gasteiger partial charge in [0, 0.05) is 16.4 Å². The van der Waals surface area contributed by atoms with Crippen molar-refractivity contribution in [2.45, 2.75) is 92.6 Å². The summed E-state index contributed by atoms with van der Waals surface area (Å²) >= 11 is 0. The molecule has 0 aliphatic heterocycles. The Bertz CT molecular complexity index is 1590. The van der Waals surface area contributed by atoms with Crippen molar-refractivity contribution in [1.29, 1.82) is 0 Å². The number of aryl methyl sites for hydroxylation is 1. The van der Waals surface area contributed by atoms with Crippen LogP contribution in [0.5, 0.6) is 5.75 Å². The number of aliphatic hydroxyl groups is 2. The summed E-state index contributed by atoms with van der Waals surface area (Å²) in [5, 5.41) is 35.4. The van der Waals surface area contributed by atoms with E-state index in [0.29, 0.717) is 29.5 Å². The zero-order valence-corrected chi connectivity index (χ0v) is 25.8. The number of aliphatic hydroxyl groups excluding tert-OH is 1. The third kappa shape index (κ3) is 4.38. The minimum Gasteiger partial charge on any atom is -0.508 e. The molecule has 2 aromatic rings. The predicted molar refractivity (Wildman–Crippen MR) is 162 cm³/mol. The van der Waals surface area contributed by atoms with Crippen LogP contribution < -0.4 is 0 Å². The molecule has 2 aromatic carbocycles. The molecule has 0 heterocycles. The molecule has 0 spiro atoms. The third-order valence-corrected chi connectivity index (χ3v) is 9.79. The molecule has 6 heteroatoms. The average molecular weight is 571 g/mol. The lowest BCUT2D eigenvalue weighted by molar-refractivity contribution is -0.157. The number of benzene rings is 2. The molecule has 3 atom stereocenters. The van der Waals surface area contributed by atoms with E-state index in [1.807, 2.05) is 43.3 Å². The van der Waals surface area contributed by atoms with Gasteiger partial charge in [0.1, 0.15) is 11.5 Å². The zero-order chi connectivity index (χ0) is 31.0. The van der Waals surface area contributed by atoms with Gasteiger partial charge in [0.15, 0.2) is 17.2 Å². The maximum absolute atomic E-state index is 14.5. The Morgan fingerprint density at radius 1 is 1.02 bits per heavy atom. The van der Waals surface area contributed by atoms with Crippen LogP contribution in [-0.2, 0) is 22.4 Å². The number of allylic oxidation sites excluding steroid dienone is 2. The Morgan fingerprint density at radius 2 is 1.67 bits per heavy atom. The van der Waals surface area contributed by atoms with Crippen molar-refractivity contribution in [3.8, 4) is 16.9 Å². The molecule has 3 N–H and O–H groups in total. The molecule has 5 rings (SSSR count). The number of fused-ring (bicyclic) bond motifs is 3. The van der Waals surface area contributed by atoms with Crippen LogP contribution in [0.4, 0.5) is 0 Å². The first-order chi connectivity index (χ1) is 19.4. The fourth-order valence-corrected chi connectivity index (χ4v) is 8.03. The summed E-state index contributed by atoms with van der Waals surface area (Å²) in [5.41, 5.74) is -0.702. The zero-order valence-electron chi connectivity index (χ0n) is 25.8. The Kier molecular flexibility index (Phi) is 6.97. The van der Waals surface area contributed by atoms with Crippen LogP contribution in [0.25, 0.3) is 11.1 Å². The van der Waals surface area contributed by atoms with Gasteiger partial charge in [-0.3, -0.25) is 14.4 Å². The highest BCUT2D eigenvalue weighted by molar-refractivity contribution is 6.25. The van der Waals surface area contributed by atoms with Gasteiger partial charge in [-0.05, 0) is 86.1 Å². The van der Waals surface area contributed by atoms with E-state index in [2.05, 4.69) is 20.8 Å². The quantitative estimate of drug-likeness (QED) is 0.334. The first-order valence-corrected chi connectivity index (χ1v) is 14.8. The van der Waals surface area contributed by atoms with Crippen molar-refractivity contribution in [2.75, 3.05) is 0 Å². The van der Waals surface area contributed by atoms with Crippen molar-refractivity contribution in [1.82, 2.24) is 0 Å². The first kappa shape index (κ1) is 30.0. The van der Waals surface area contributed by atoms with Crippen LogP contribution in [0.15, 0.2) is 58.9 Å². The van der Waals surface area contributed by atoms with Crippen molar-refractivity contribution in [3.63, 3.8) is 0 Å². The van der Waals surface area contributed by atoms with Crippen molar-refractivity contribution in [3.05, 3.63) is 75.6 Å². The largest absolute Gasteiger partial charge is 0.508 e. The van der Waals surface area contributed by atoms with Gasteiger partial charge in [0.25, 0.3) is 0 Å². The van der Waals surface area contributed by atoms with Crippen LogP contribution in [-0.4, -0.2) is 38.3 Å². The molecule has 0 bridgehead atoms. The molecular weight excluding hydrogens is 528 g/mol. The maximum Gasteiger partial charge on any atom is 0.206 e. The summed E-state index contributed by atoms with van der Waals surface area (Å²) in [4.78, 5) is 40.7. The van der Waals surface area contributed by atoms with Gasteiger partial charge < -0.3 is 15.3 Å². The van der Waals surface area contributed by atoms with Crippen LogP contribution in [0.1, 0.15) is 95.6 Å². The lowest BCUT2D eigenvalue weighted by Crippen LogP contribution is -2.63. The molecule has 6 nitrogen and oxygen atoms in total. The van der Waals surface area contributed by atoms with Gasteiger partial charge in [-0.15, -0.1) is 0 Å². The van der Waals surface area contributed by atoms with Gasteiger partial charge in [-0.25, -0.2) is 0 Å². The van der Waals surface area contributed by atoms with E-state index >= 15 is 0 Å². The second-order valence-electron chi connectivity index (χ2n) is 14.5. The molecule has 0 amide bonds. The van der Waals surface area contributed by atoms with E-state index in [1.54, 1.807) is 13.8 Å². The number of ketones is 3. The van der Waals surface area contributed by atoms with E-state index in [9.17, 15) is 29.7 Å². The maximum atomic E-state index is 14.5. The van der Waals surface area contributed by atoms with Gasteiger partial charge in [-0.2, -0.15) is 0 Å². The molecule has 0 saturated heterocycles. The van der Waals surface area contributed by atoms with E-state index in [4.69, 9.17) is 0 Å². The Labute approximate surface area is 248 Å². The Balaban J connectivity index is 1.74. The Morgan fingerprint density at radius 3 is 2.26 bits per heavy atom. The molecule has 3 aliphatic rings. The summed E-state index contributed by atoms with van der Waals surface area (Å²) in [7, 11) is 0. The smallest absolute Gasteiger partial charge is 0.206 e. The molecule has 0 saturated carbocycles. The molecular formula is C36H42O6. The summed E-state index contributed by atoms with van der Waals surface area (Å²) in [6.45, 7) is 13.1. The summed E-state index contributed by atoms with van der Waals surface area (Å²) in [5.74, 6) is -2.73. The lowest BCUT2D eigenvalue weighted by atomic mass is 9.48. The standard InChI is InChI=1S/C36H42O6/c1-20-17-35(7)19-34(6)18-25-24(22-12-9-8-10-13-22)16-23(14-11-15-33(3,4)5)29(38)27(25)30(39)28(34)32(41)36(35,42)31(40)26(20)21(2)37/h8-10,12-13,16,38,41-42H,11,14-15,17-19H2,1-7H3/t34-,35+,36+/m0/s1. The highest BCUT2D eigenvalue weighted by atomic mass is 16.3. The van der Waals surface area contributed by atoms with Gasteiger partial charge >= 0.3 is 0 Å². The number of Topliss-reactive ketones (excluding diaryl/α,β-unsaturated/α-hetero) is 3. The summed E-state index contributed by atoms with van der Waals surface area (Å²) in [6, 6.07) is 11.8. The molecule has 42 heavy (non-hydrogen) atoms. The van der Waals surface area contributed by atoms with Crippen molar-refractivity contribution >= 4 is 17.3 Å². The van der Waals surface area contributed by atoms with Crippen LogP contribution >= 0.6 is 0 Å². The minimum absolute atomic E-state index is 0.0491. The van der Waals surface area contributed by atoms with E-state index in [0.717, 1.165) is 24.0 Å². The van der Waals surface area contributed by atoms with Crippen molar-refractivity contribution < 1.29 is 29.7 Å². The van der Waals surface area contributed by atoms with Gasteiger partial charge in [0.05, 0.1) is 11.1 Å². The van der Waals surface area contributed by atoms with E-state index in [1.165, 1.54) is 6.92 Å². The molecule has 0 aromatic heterocycles. The number of phenolic OH excluding ortho intramolecular Hbond substituents is 1. The summed E-state index contributed by atoms with van der Waals surface area (Å²) in [6.07, 6.45) is 3.10. The minimum atomic E-state index is -2.42. The number of hydrogen-bond acceptors (Lipinski definition) is 6. The number of phenols is 1. The van der Waals surface area contributed by atoms with Gasteiger partial charge in [-0.1, -0.05) is 70.5 Å². The molecule has 0 unspecified atom stereocenters. The average Bonchev–Trinajstić information content (AvgIpc) is 2.87. The molecule has 222 valence electrons. The van der Waals surface area contributed by atoms with E-state index < -0.39 is 39.5 Å². The van der Waals surface area contributed by atoms with Crippen LogP contribution in [0.2, 0.25) is 0 Å². The van der Waals surface area contributed by atoms with Gasteiger partial charge in [0.2, 0.25) is 5.78 Å². The Hall–Kier alpha value is -3.51. The first-order valence-electron chi connectivity index (χ1n) is 14.8. The van der Waals surface area contributed by atoms with Crippen LogP contribution in [0.3, 0.4) is 0 Å². The summed E-state index contributed by atoms with van der Waals surface area (Å²) < 4.78 is 0.